The number of nitrogens with two attached hydrogens (primary N) is 1. The summed E-state index contributed by atoms with van der Waals surface area (Å²) >= 11 is 0. The fourth-order valence-corrected chi connectivity index (χ4v) is 1.85. The Kier molecular flexibility index (Phi) is 3.98. The van der Waals surface area contributed by atoms with Crippen molar-refractivity contribution in [2.24, 2.45) is 5.73 Å². The van der Waals surface area contributed by atoms with Crippen molar-refractivity contribution in [1.82, 2.24) is 0 Å². The van der Waals surface area contributed by atoms with Crippen LogP contribution in [0.25, 0.3) is 0 Å². The molecule has 1 aromatic carbocycles. The van der Waals surface area contributed by atoms with Crippen LogP contribution in [0.15, 0.2) is 12.1 Å². The zero-order chi connectivity index (χ0) is 13.1. The van der Waals surface area contributed by atoms with E-state index in [1.807, 2.05) is 0 Å². The molecule has 0 saturated carbocycles. The number of aliphatic hydroxyl groups is 1. The van der Waals surface area contributed by atoms with E-state index < -0.39 is 19.1 Å². The summed E-state index contributed by atoms with van der Waals surface area (Å²) in [7, 11) is 0. The minimum atomic E-state index is -2.67. The molecule has 1 aromatic rings. The van der Waals surface area contributed by atoms with E-state index in [9.17, 15) is 8.78 Å². The molecule has 0 fully saturated rings. The summed E-state index contributed by atoms with van der Waals surface area (Å²) in [6.07, 6.45) is -1.98. The maximum absolute atomic E-state index is 13.0. The predicted octanol–water partition coefficient (Wildman–Crippen LogP) is 1.78. The molecule has 100 valence electrons. The maximum atomic E-state index is 13.0. The topological polar surface area (TPSA) is 64.7 Å². The van der Waals surface area contributed by atoms with Crippen molar-refractivity contribution in [2.45, 2.75) is 18.9 Å². The van der Waals surface area contributed by atoms with Gasteiger partial charge >= 0.3 is 0 Å². The van der Waals surface area contributed by atoms with Gasteiger partial charge in [-0.15, -0.1) is 0 Å². The van der Waals surface area contributed by atoms with E-state index in [1.54, 1.807) is 0 Å². The first-order chi connectivity index (χ1) is 8.63. The van der Waals surface area contributed by atoms with Crippen LogP contribution in [0.2, 0.25) is 0 Å². The largest absolute Gasteiger partial charge is 0.490 e. The fourth-order valence-electron chi connectivity index (χ4n) is 1.85. The predicted molar refractivity (Wildman–Crippen MR) is 61.0 cm³/mol. The summed E-state index contributed by atoms with van der Waals surface area (Å²) in [4.78, 5) is 0. The van der Waals surface area contributed by atoms with Crippen LogP contribution in [0.5, 0.6) is 11.5 Å². The zero-order valence-electron chi connectivity index (χ0n) is 9.73. The molecule has 3 N–H and O–H groups in total. The van der Waals surface area contributed by atoms with Gasteiger partial charge in [-0.05, 0) is 17.7 Å². The third kappa shape index (κ3) is 2.54. The summed E-state index contributed by atoms with van der Waals surface area (Å²) in [5.41, 5.74) is 5.60. The molecule has 0 bridgehead atoms. The van der Waals surface area contributed by atoms with Gasteiger partial charge in [0.15, 0.2) is 11.5 Å². The molecule has 1 aliphatic rings. The summed E-state index contributed by atoms with van der Waals surface area (Å²) in [6, 6.07) is 1.82. The van der Waals surface area contributed by atoms with Crippen molar-refractivity contribution >= 4 is 0 Å². The van der Waals surface area contributed by atoms with Crippen LogP contribution >= 0.6 is 0 Å². The van der Waals surface area contributed by atoms with Crippen LogP contribution < -0.4 is 15.2 Å². The zero-order valence-corrected chi connectivity index (χ0v) is 9.73. The molecule has 0 aliphatic carbocycles. The highest BCUT2D eigenvalue weighted by Crippen LogP contribution is 2.38. The summed E-state index contributed by atoms with van der Waals surface area (Å²) in [5, 5.41) is 9.01. The Morgan fingerprint density at radius 2 is 1.72 bits per heavy atom. The monoisotopic (exact) mass is 259 g/mol. The van der Waals surface area contributed by atoms with E-state index in [4.69, 9.17) is 20.3 Å². The average molecular weight is 259 g/mol. The minimum Gasteiger partial charge on any atom is -0.490 e. The molecule has 0 amide bonds. The second-order valence-corrected chi connectivity index (χ2v) is 4.07. The number of fused-ring (bicyclic) bond motifs is 1. The summed E-state index contributed by atoms with van der Waals surface area (Å²) in [5.74, 6) is 0.701. The number of ether oxygens (including phenoxy) is 2. The summed E-state index contributed by atoms with van der Waals surface area (Å²) in [6.45, 7) is 0.495. The third-order valence-corrected chi connectivity index (χ3v) is 2.78. The first-order valence-corrected chi connectivity index (χ1v) is 5.71. The Balaban J connectivity index is 2.47. The lowest BCUT2D eigenvalue weighted by Crippen LogP contribution is -2.17. The number of rotatable bonds is 3. The Labute approximate surface area is 103 Å². The van der Waals surface area contributed by atoms with Crippen LogP contribution in [0.3, 0.4) is 0 Å². The highest BCUT2D eigenvalue weighted by molar-refractivity contribution is 5.49. The number of benzene rings is 1. The molecule has 0 aromatic heterocycles. The number of alkyl halides is 2. The van der Waals surface area contributed by atoms with Gasteiger partial charge in [0.2, 0.25) is 0 Å². The smallest absolute Gasteiger partial charge is 0.264 e. The van der Waals surface area contributed by atoms with Gasteiger partial charge < -0.3 is 20.3 Å². The van der Waals surface area contributed by atoms with E-state index in [0.717, 1.165) is 0 Å². The van der Waals surface area contributed by atoms with Crippen LogP contribution in [0.4, 0.5) is 8.78 Å². The van der Waals surface area contributed by atoms with E-state index in [0.29, 0.717) is 31.1 Å². The lowest BCUT2D eigenvalue weighted by atomic mass is 10.0. The molecule has 1 aliphatic heterocycles. The van der Waals surface area contributed by atoms with Crippen molar-refractivity contribution in [1.29, 1.82) is 0 Å². The fraction of sp³-hybridized carbons (Fsp3) is 0.500. The van der Waals surface area contributed by atoms with E-state index in [1.165, 1.54) is 12.1 Å². The van der Waals surface area contributed by atoms with E-state index in [-0.39, 0.29) is 11.1 Å². The number of halogens is 2. The van der Waals surface area contributed by atoms with Gasteiger partial charge in [0.25, 0.3) is 6.43 Å². The second-order valence-electron chi connectivity index (χ2n) is 4.07. The molecular weight excluding hydrogens is 244 g/mol. The normalized spacial score (nSPS) is 16.5. The van der Waals surface area contributed by atoms with Crippen LogP contribution in [-0.4, -0.2) is 24.9 Å². The lowest BCUT2D eigenvalue weighted by Gasteiger charge is -2.17. The molecule has 1 unspecified atom stereocenters. The van der Waals surface area contributed by atoms with Gasteiger partial charge in [0.1, 0.15) is 0 Å². The number of aliphatic hydroxyl groups excluding tert-OH is 1. The molecule has 1 atom stereocenters. The first kappa shape index (κ1) is 13.0. The SMILES string of the molecule is NC(CO)c1cc2c(cc1C(F)F)OCCCO2. The first-order valence-electron chi connectivity index (χ1n) is 5.71. The van der Waals surface area contributed by atoms with Crippen molar-refractivity contribution in [2.75, 3.05) is 19.8 Å². The Hall–Kier alpha value is -1.40. The van der Waals surface area contributed by atoms with E-state index in [2.05, 4.69) is 0 Å². The van der Waals surface area contributed by atoms with Crippen molar-refractivity contribution in [3.8, 4) is 11.5 Å². The molecule has 1 heterocycles. The molecule has 0 radical (unpaired) electrons. The minimum absolute atomic E-state index is 0.191. The van der Waals surface area contributed by atoms with Gasteiger partial charge in [-0.2, -0.15) is 0 Å². The van der Waals surface area contributed by atoms with Gasteiger partial charge in [0, 0.05) is 12.0 Å². The molecular formula is C12H15F2NO3. The molecule has 0 spiro atoms. The van der Waals surface area contributed by atoms with Crippen LogP contribution in [0, 0.1) is 0 Å². The van der Waals surface area contributed by atoms with Crippen LogP contribution in [-0.2, 0) is 0 Å². The number of hydrogen-bond donors (Lipinski definition) is 2. The van der Waals surface area contributed by atoms with Crippen molar-refractivity contribution < 1.29 is 23.4 Å². The maximum Gasteiger partial charge on any atom is 0.264 e. The molecule has 18 heavy (non-hydrogen) atoms. The standard InChI is InChI=1S/C12H15F2NO3/c13-12(14)8-5-11-10(17-2-1-3-18-11)4-7(8)9(15)6-16/h4-5,9,12,16H,1-3,6,15H2. The van der Waals surface area contributed by atoms with Crippen molar-refractivity contribution in [3.63, 3.8) is 0 Å². The lowest BCUT2D eigenvalue weighted by molar-refractivity contribution is 0.148. The average Bonchev–Trinajstić information content (AvgIpc) is 2.60. The molecule has 4 nitrogen and oxygen atoms in total. The quantitative estimate of drug-likeness (QED) is 0.868. The van der Waals surface area contributed by atoms with Gasteiger partial charge in [-0.25, -0.2) is 8.78 Å². The highest BCUT2D eigenvalue weighted by Gasteiger charge is 2.22. The van der Waals surface area contributed by atoms with Crippen molar-refractivity contribution in [3.05, 3.63) is 23.3 Å². The molecule has 2 rings (SSSR count). The number of hydrogen-bond acceptors (Lipinski definition) is 4. The highest BCUT2D eigenvalue weighted by atomic mass is 19.3. The Morgan fingerprint density at radius 3 is 2.22 bits per heavy atom. The Morgan fingerprint density at radius 1 is 1.17 bits per heavy atom. The van der Waals surface area contributed by atoms with E-state index >= 15 is 0 Å². The van der Waals surface area contributed by atoms with Gasteiger partial charge in [-0.1, -0.05) is 0 Å². The second kappa shape index (κ2) is 5.49. The third-order valence-electron chi connectivity index (χ3n) is 2.78. The molecule has 6 heteroatoms. The van der Waals surface area contributed by atoms with Crippen LogP contribution in [0.1, 0.15) is 30.0 Å². The summed E-state index contributed by atoms with van der Waals surface area (Å²) < 4.78 is 36.7. The van der Waals surface area contributed by atoms with Gasteiger partial charge in [-0.3, -0.25) is 0 Å². The Bertz CT molecular complexity index is 426. The molecule has 0 saturated heterocycles. The van der Waals surface area contributed by atoms with Gasteiger partial charge in [0.05, 0.1) is 25.9 Å².